The maximum Gasteiger partial charge on any atom is 0.174 e. The smallest absolute Gasteiger partial charge is 0.174 e. The van der Waals surface area contributed by atoms with Gasteiger partial charge in [0.15, 0.2) is 4.34 Å². The molecule has 0 radical (unpaired) electrons. The van der Waals surface area contributed by atoms with E-state index >= 15 is 0 Å². The number of rotatable bonds is 2. The van der Waals surface area contributed by atoms with Crippen LogP contribution >= 0.6 is 34.9 Å². The minimum Gasteiger partial charge on any atom is -0.244 e. The second-order valence-electron chi connectivity index (χ2n) is 2.12. The van der Waals surface area contributed by atoms with Crippen LogP contribution in [0.4, 0.5) is 0 Å². The minimum atomic E-state index is 0.495. The lowest BCUT2D eigenvalue weighted by molar-refractivity contribution is 1.20. The van der Waals surface area contributed by atoms with Crippen molar-refractivity contribution < 1.29 is 0 Å². The molecule has 0 aliphatic carbocycles. The van der Waals surface area contributed by atoms with Gasteiger partial charge in [0, 0.05) is 11.1 Å². The summed E-state index contributed by atoms with van der Waals surface area (Å²) in [7, 11) is 0. The van der Waals surface area contributed by atoms with Crippen LogP contribution in [0.1, 0.15) is 0 Å². The lowest BCUT2D eigenvalue weighted by atomic mass is 10.5. The van der Waals surface area contributed by atoms with Gasteiger partial charge in [0.25, 0.3) is 0 Å². The van der Waals surface area contributed by atoms with Crippen molar-refractivity contribution in [3.8, 4) is 0 Å². The largest absolute Gasteiger partial charge is 0.244 e. The van der Waals surface area contributed by atoms with Gasteiger partial charge in [-0.1, -0.05) is 23.4 Å². The van der Waals surface area contributed by atoms with E-state index in [9.17, 15) is 0 Å². The molecule has 2 rings (SSSR count). The number of nitrogens with zero attached hydrogens (tertiary/aromatic N) is 3. The fourth-order valence-electron chi connectivity index (χ4n) is 0.757. The number of hydrogen-bond donors (Lipinski definition) is 0. The van der Waals surface area contributed by atoms with Gasteiger partial charge < -0.3 is 0 Å². The highest BCUT2D eigenvalue weighted by Crippen LogP contribution is 2.28. The first-order chi connectivity index (χ1) is 6.34. The van der Waals surface area contributed by atoms with Crippen LogP contribution in [-0.4, -0.2) is 14.3 Å². The van der Waals surface area contributed by atoms with Crippen molar-refractivity contribution in [3.05, 3.63) is 29.8 Å². The zero-order valence-corrected chi connectivity index (χ0v) is 8.73. The van der Waals surface area contributed by atoms with Crippen molar-refractivity contribution in [2.75, 3.05) is 0 Å². The van der Waals surface area contributed by atoms with Gasteiger partial charge in [-0.25, -0.2) is 9.97 Å². The average molecular weight is 230 g/mol. The Morgan fingerprint density at radius 3 is 3.00 bits per heavy atom. The zero-order valence-electron chi connectivity index (χ0n) is 6.35. The van der Waals surface area contributed by atoms with Crippen LogP contribution in [0.5, 0.6) is 0 Å². The normalized spacial score (nSPS) is 10.2. The van der Waals surface area contributed by atoms with Crippen LogP contribution in [-0.2, 0) is 0 Å². The summed E-state index contributed by atoms with van der Waals surface area (Å²) < 4.78 is 4.81. The van der Waals surface area contributed by atoms with Crippen molar-refractivity contribution in [2.24, 2.45) is 0 Å². The molecule has 0 bridgehead atoms. The Kier molecular flexibility index (Phi) is 2.77. The first-order valence-corrected chi connectivity index (χ1v) is 5.37. The summed E-state index contributed by atoms with van der Waals surface area (Å²) in [5.74, 6) is 0. The molecule has 0 aromatic carbocycles. The Bertz CT molecular complexity index is 390. The molecule has 3 nitrogen and oxygen atoms in total. The number of aromatic nitrogens is 3. The summed E-state index contributed by atoms with van der Waals surface area (Å²) in [5, 5.41) is 0.495. The highest BCUT2D eigenvalue weighted by molar-refractivity contribution is 8.01. The summed E-state index contributed by atoms with van der Waals surface area (Å²) >= 11 is 8.62. The van der Waals surface area contributed by atoms with E-state index in [1.807, 2.05) is 6.07 Å². The third-order valence-electron chi connectivity index (χ3n) is 1.24. The SMILES string of the molecule is Clc1cc(Sc2ncns2)ccn1. The lowest BCUT2D eigenvalue weighted by Crippen LogP contribution is -1.75. The van der Waals surface area contributed by atoms with Crippen LogP contribution in [0.2, 0.25) is 5.15 Å². The molecule has 6 heteroatoms. The molecular formula is C7H4ClN3S2. The van der Waals surface area contributed by atoms with E-state index in [0.717, 1.165) is 9.24 Å². The van der Waals surface area contributed by atoms with Gasteiger partial charge in [-0.15, -0.1) is 0 Å². The zero-order chi connectivity index (χ0) is 9.10. The van der Waals surface area contributed by atoms with E-state index < -0.39 is 0 Å². The fourth-order valence-corrected chi connectivity index (χ4v) is 2.44. The molecule has 0 unspecified atom stereocenters. The van der Waals surface area contributed by atoms with Gasteiger partial charge in [0.2, 0.25) is 0 Å². The van der Waals surface area contributed by atoms with E-state index in [1.165, 1.54) is 29.6 Å². The van der Waals surface area contributed by atoms with Crippen LogP contribution in [0.15, 0.2) is 33.9 Å². The van der Waals surface area contributed by atoms with Gasteiger partial charge in [-0.3, -0.25) is 0 Å². The first-order valence-electron chi connectivity index (χ1n) is 3.41. The molecule has 0 N–H and O–H groups in total. The molecule has 0 atom stereocenters. The predicted molar refractivity (Wildman–Crippen MR) is 53.3 cm³/mol. The molecule has 0 aliphatic heterocycles. The quantitative estimate of drug-likeness (QED) is 0.743. The molecule has 0 aliphatic rings. The van der Waals surface area contributed by atoms with Gasteiger partial charge >= 0.3 is 0 Å². The molecule has 13 heavy (non-hydrogen) atoms. The van der Waals surface area contributed by atoms with E-state index in [0.29, 0.717) is 5.15 Å². The molecule has 0 fully saturated rings. The highest BCUT2D eigenvalue weighted by Gasteiger charge is 2.00. The Morgan fingerprint density at radius 1 is 1.38 bits per heavy atom. The molecule has 66 valence electrons. The van der Waals surface area contributed by atoms with Crippen molar-refractivity contribution in [2.45, 2.75) is 9.24 Å². The monoisotopic (exact) mass is 229 g/mol. The van der Waals surface area contributed by atoms with Crippen molar-refractivity contribution in [1.82, 2.24) is 14.3 Å². The lowest BCUT2D eigenvalue weighted by Gasteiger charge is -1.95. The van der Waals surface area contributed by atoms with Crippen LogP contribution in [0, 0.1) is 0 Å². The van der Waals surface area contributed by atoms with Gasteiger partial charge in [-0.05, 0) is 23.7 Å². The van der Waals surface area contributed by atoms with Crippen LogP contribution in [0.3, 0.4) is 0 Å². The minimum absolute atomic E-state index is 0.495. The summed E-state index contributed by atoms with van der Waals surface area (Å²) in [6, 6.07) is 3.69. The highest BCUT2D eigenvalue weighted by atomic mass is 35.5. The Morgan fingerprint density at radius 2 is 2.31 bits per heavy atom. The second kappa shape index (κ2) is 4.04. The Balaban J connectivity index is 2.19. The molecule has 0 saturated heterocycles. The van der Waals surface area contributed by atoms with E-state index in [-0.39, 0.29) is 0 Å². The standard InChI is InChI=1S/C7H4ClN3S2/c8-6-3-5(1-2-9-6)12-7-10-4-11-13-7/h1-4H. The van der Waals surface area contributed by atoms with E-state index in [4.69, 9.17) is 11.6 Å². The van der Waals surface area contributed by atoms with Gasteiger partial charge in [0.1, 0.15) is 11.5 Å². The molecule has 0 saturated carbocycles. The third kappa shape index (κ3) is 2.40. The summed E-state index contributed by atoms with van der Waals surface area (Å²) in [4.78, 5) is 8.96. The third-order valence-corrected chi connectivity index (χ3v) is 3.16. The van der Waals surface area contributed by atoms with Crippen molar-refractivity contribution >= 4 is 34.9 Å². The fraction of sp³-hybridized carbons (Fsp3) is 0. The summed E-state index contributed by atoms with van der Waals surface area (Å²) in [6.07, 6.45) is 3.21. The second-order valence-corrected chi connectivity index (χ2v) is 4.61. The number of hydrogen-bond acceptors (Lipinski definition) is 5. The number of halogens is 1. The molecule has 2 aromatic rings. The first kappa shape index (κ1) is 8.93. The van der Waals surface area contributed by atoms with Crippen molar-refractivity contribution in [3.63, 3.8) is 0 Å². The molecule has 2 heterocycles. The van der Waals surface area contributed by atoms with Crippen LogP contribution < -0.4 is 0 Å². The van der Waals surface area contributed by atoms with Crippen molar-refractivity contribution in [1.29, 1.82) is 0 Å². The molecule has 0 spiro atoms. The Labute approximate surface area is 88.4 Å². The summed E-state index contributed by atoms with van der Waals surface area (Å²) in [5.41, 5.74) is 0. The molecule has 2 aromatic heterocycles. The summed E-state index contributed by atoms with van der Waals surface area (Å²) in [6.45, 7) is 0. The average Bonchev–Trinajstić information content (AvgIpc) is 2.57. The maximum absolute atomic E-state index is 5.73. The van der Waals surface area contributed by atoms with Crippen LogP contribution in [0.25, 0.3) is 0 Å². The maximum atomic E-state index is 5.73. The van der Waals surface area contributed by atoms with Gasteiger partial charge in [0.05, 0.1) is 0 Å². The van der Waals surface area contributed by atoms with Gasteiger partial charge in [-0.2, -0.15) is 4.37 Å². The molecular weight excluding hydrogens is 226 g/mol. The number of pyridine rings is 1. The molecule has 0 amide bonds. The predicted octanol–water partition coefficient (Wildman–Crippen LogP) is 2.74. The van der Waals surface area contributed by atoms with E-state index in [1.54, 1.807) is 12.3 Å². The Hall–Kier alpha value is -0.650. The topological polar surface area (TPSA) is 38.7 Å². The van der Waals surface area contributed by atoms with E-state index in [2.05, 4.69) is 14.3 Å².